The minimum atomic E-state index is -0.305. The Balaban J connectivity index is 1.40. The van der Waals surface area contributed by atoms with Crippen LogP contribution in [0.5, 0.6) is 5.75 Å². The third-order valence-corrected chi connectivity index (χ3v) is 4.53. The van der Waals surface area contributed by atoms with E-state index in [9.17, 15) is 9.18 Å². The maximum absolute atomic E-state index is 12.8. The van der Waals surface area contributed by atoms with E-state index >= 15 is 0 Å². The van der Waals surface area contributed by atoms with Gasteiger partial charge in [-0.25, -0.2) is 9.37 Å². The zero-order chi connectivity index (χ0) is 19.1. The summed E-state index contributed by atoms with van der Waals surface area (Å²) in [4.78, 5) is 16.2. The lowest BCUT2D eigenvalue weighted by atomic mass is 10.2. The maximum Gasteiger partial charge on any atom is 0.230 e. The minimum Gasteiger partial charge on any atom is -0.486 e. The van der Waals surface area contributed by atoms with E-state index in [4.69, 9.17) is 16.3 Å². The Morgan fingerprint density at radius 1 is 1.19 bits per heavy atom. The summed E-state index contributed by atoms with van der Waals surface area (Å²) < 4.78 is 18.4. The van der Waals surface area contributed by atoms with Gasteiger partial charge in [0, 0.05) is 11.6 Å². The lowest BCUT2D eigenvalue weighted by Crippen LogP contribution is -2.24. The van der Waals surface area contributed by atoms with Gasteiger partial charge in [-0.3, -0.25) is 9.89 Å². The first kappa shape index (κ1) is 19.2. The highest BCUT2D eigenvalue weighted by atomic mass is 35.5. The van der Waals surface area contributed by atoms with Crippen LogP contribution in [0.2, 0.25) is 5.02 Å². The maximum atomic E-state index is 12.8. The summed E-state index contributed by atoms with van der Waals surface area (Å²) in [5.41, 5.74) is 0.828. The summed E-state index contributed by atoms with van der Waals surface area (Å²) in [6.07, 6.45) is 0. The number of carbonyl (C=O) groups excluding carboxylic acids is 1. The molecule has 3 aromatic rings. The van der Waals surface area contributed by atoms with Gasteiger partial charge < -0.3 is 10.1 Å². The molecule has 0 aliphatic heterocycles. The van der Waals surface area contributed by atoms with Crippen LogP contribution in [0.1, 0.15) is 11.4 Å². The van der Waals surface area contributed by atoms with Crippen molar-refractivity contribution in [2.75, 3.05) is 5.75 Å². The molecule has 27 heavy (non-hydrogen) atoms. The number of nitrogens with one attached hydrogen (secondary N) is 2. The molecular weight excluding hydrogens is 391 g/mol. The van der Waals surface area contributed by atoms with Gasteiger partial charge in [-0.1, -0.05) is 35.5 Å². The van der Waals surface area contributed by atoms with Crippen molar-refractivity contribution in [3.63, 3.8) is 0 Å². The summed E-state index contributed by atoms with van der Waals surface area (Å²) in [7, 11) is 0. The standard InChI is InChI=1S/C18H16ClFN4O2S/c19-13-3-7-15(8-4-13)26-10-16-22-18(24-23-16)27-11-17(25)21-9-12-1-5-14(20)6-2-12/h1-8H,9-11H2,(H,21,25)(H,22,23,24). The zero-order valence-electron chi connectivity index (χ0n) is 14.1. The molecule has 0 unspecified atom stereocenters. The van der Waals surface area contributed by atoms with E-state index in [0.717, 1.165) is 5.56 Å². The van der Waals surface area contributed by atoms with Crippen LogP contribution >= 0.6 is 23.4 Å². The molecule has 0 saturated heterocycles. The molecule has 1 heterocycles. The number of benzene rings is 2. The molecule has 2 N–H and O–H groups in total. The fourth-order valence-electron chi connectivity index (χ4n) is 2.07. The quantitative estimate of drug-likeness (QED) is 0.559. The Bertz CT molecular complexity index is 887. The Labute approximate surface area is 164 Å². The number of nitrogens with zero attached hydrogens (tertiary/aromatic N) is 2. The average molecular weight is 407 g/mol. The molecule has 0 atom stereocenters. The lowest BCUT2D eigenvalue weighted by Gasteiger charge is -2.04. The second-order valence-electron chi connectivity index (χ2n) is 5.50. The van der Waals surface area contributed by atoms with Crippen molar-refractivity contribution in [3.8, 4) is 5.75 Å². The Morgan fingerprint density at radius 3 is 2.67 bits per heavy atom. The molecular formula is C18H16ClFN4O2S. The van der Waals surface area contributed by atoms with Gasteiger partial charge in [0.05, 0.1) is 5.75 Å². The first-order chi connectivity index (χ1) is 13.1. The highest BCUT2D eigenvalue weighted by Gasteiger charge is 2.08. The molecule has 6 nitrogen and oxygen atoms in total. The molecule has 0 aliphatic carbocycles. The number of amides is 1. The molecule has 0 bridgehead atoms. The van der Waals surface area contributed by atoms with Crippen molar-refractivity contribution in [3.05, 3.63) is 70.8 Å². The van der Waals surface area contributed by atoms with E-state index in [1.165, 1.54) is 23.9 Å². The van der Waals surface area contributed by atoms with Crippen LogP contribution < -0.4 is 10.1 Å². The number of rotatable bonds is 8. The molecule has 9 heteroatoms. The normalized spacial score (nSPS) is 10.6. The first-order valence-corrected chi connectivity index (χ1v) is 9.38. The van der Waals surface area contributed by atoms with E-state index in [1.807, 2.05) is 0 Å². The number of aromatic amines is 1. The number of ether oxygens (including phenoxy) is 1. The molecule has 0 aliphatic rings. The van der Waals surface area contributed by atoms with Gasteiger partial charge in [-0.15, -0.1) is 5.10 Å². The lowest BCUT2D eigenvalue weighted by molar-refractivity contribution is -0.118. The van der Waals surface area contributed by atoms with Gasteiger partial charge in [0.2, 0.25) is 11.1 Å². The number of hydrogen-bond donors (Lipinski definition) is 2. The van der Waals surface area contributed by atoms with E-state index in [-0.39, 0.29) is 24.1 Å². The van der Waals surface area contributed by atoms with Gasteiger partial charge in [0.1, 0.15) is 18.2 Å². The van der Waals surface area contributed by atoms with Crippen molar-refractivity contribution in [1.82, 2.24) is 20.5 Å². The summed E-state index contributed by atoms with van der Waals surface area (Å²) in [6.45, 7) is 0.569. The van der Waals surface area contributed by atoms with Crippen LogP contribution in [0, 0.1) is 5.82 Å². The molecule has 1 amide bonds. The van der Waals surface area contributed by atoms with Crippen LogP contribution in [-0.2, 0) is 17.9 Å². The third-order valence-electron chi connectivity index (χ3n) is 3.44. The van der Waals surface area contributed by atoms with Crippen LogP contribution in [0.4, 0.5) is 4.39 Å². The number of carbonyl (C=O) groups is 1. The van der Waals surface area contributed by atoms with Crippen molar-refractivity contribution in [2.24, 2.45) is 0 Å². The third kappa shape index (κ3) is 6.26. The van der Waals surface area contributed by atoms with Crippen LogP contribution in [0.3, 0.4) is 0 Å². The van der Waals surface area contributed by atoms with E-state index in [2.05, 4.69) is 20.5 Å². The van der Waals surface area contributed by atoms with Gasteiger partial charge in [-0.05, 0) is 42.0 Å². The van der Waals surface area contributed by atoms with E-state index in [1.54, 1.807) is 36.4 Å². The second kappa shape index (κ2) is 9.38. The molecule has 140 valence electrons. The van der Waals surface area contributed by atoms with Crippen molar-refractivity contribution in [2.45, 2.75) is 18.3 Å². The highest BCUT2D eigenvalue weighted by molar-refractivity contribution is 7.99. The molecule has 2 aromatic carbocycles. The molecule has 0 radical (unpaired) electrons. The monoisotopic (exact) mass is 406 g/mol. The summed E-state index contributed by atoms with van der Waals surface area (Å²) >= 11 is 7.03. The summed E-state index contributed by atoms with van der Waals surface area (Å²) in [6, 6.07) is 13.0. The van der Waals surface area contributed by atoms with Crippen LogP contribution in [0.25, 0.3) is 0 Å². The zero-order valence-corrected chi connectivity index (χ0v) is 15.7. The minimum absolute atomic E-state index is 0.159. The van der Waals surface area contributed by atoms with Crippen molar-refractivity contribution < 1.29 is 13.9 Å². The Kier molecular flexibility index (Phi) is 6.67. The van der Waals surface area contributed by atoms with E-state index < -0.39 is 0 Å². The Hall–Kier alpha value is -2.58. The number of halogens is 2. The number of H-pyrrole nitrogens is 1. The number of hydrogen-bond acceptors (Lipinski definition) is 5. The highest BCUT2D eigenvalue weighted by Crippen LogP contribution is 2.17. The SMILES string of the molecule is O=C(CSc1n[nH]c(COc2ccc(Cl)cc2)n1)NCc1ccc(F)cc1. The predicted octanol–water partition coefficient (Wildman–Crippen LogP) is 3.58. The average Bonchev–Trinajstić information content (AvgIpc) is 3.13. The predicted molar refractivity (Wildman–Crippen MR) is 101 cm³/mol. The fourth-order valence-corrected chi connectivity index (χ4v) is 2.85. The molecule has 1 aromatic heterocycles. The van der Waals surface area contributed by atoms with Crippen LogP contribution in [-0.4, -0.2) is 26.8 Å². The molecule has 0 saturated carbocycles. The fraction of sp³-hybridized carbons (Fsp3) is 0.167. The van der Waals surface area contributed by atoms with E-state index in [0.29, 0.717) is 28.3 Å². The Morgan fingerprint density at radius 2 is 1.93 bits per heavy atom. The van der Waals surface area contributed by atoms with Gasteiger partial charge >= 0.3 is 0 Å². The number of aromatic nitrogens is 3. The van der Waals surface area contributed by atoms with Gasteiger partial charge in [0.15, 0.2) is 5.82 Å². The second-order valence-corrected chi connectivity index (χ2v) is 6.88. The number of thioether (sulfide) groups is 1. The van der Waals surface area contributed by atoms with Crippen molar-refractivity contribution in [1.29, 1.82) is 0 Å². The van der Waals surface area contributed by atoms with Crippen molar-refractivity contribution >= 4 is 29.3 Å². The molecule has 0 spiro atoms. The largest absolute Gasteiger partial charge is 0.486 e. The summed E-state index contributed by atoms with van der Waals surface area (Å²) in [5.74, 6) is 0.940. The first-order valence-electron chi connectivity index (χ1n) is 8.02. The summed E-state index contributed by atoms with van der Waals surface area (Å²) in [5, 5.41) is 10.7. The van der Waals surface area contributed by atoms with Crippen LogP contribution in [0.15, 0.2) is 53.7 Å². The topological polar surface area (TPSA) is 79.9 Å². The van der Waals surface area contributed by atoms with Gasteiger partial charge in [0.25, 0.3) is 0 Å². The molecule has 0 fully saturated rings. The smallest absolute Gasteiger partial charge is 0.230 e. The molecule has 3 rings (SSSR count). The van der Waals surface area contributed by atoms with Gasteiger partial charge in [-0.2, -0.15) is 0 Å².